The summed E-state index contributed by atoms with van der Waals surface area (Å²) in [4.78, 5) is 29.7. The molecule has 3 fully saturated rings. The number of hydrogen-bond donors (Lipinski definition) is 3. The van der Waals surface area contributed by atoms with Crippen LogP contribution in [0.5, 0.6) is 0 Å². The number of nitrogens with zero attached hydrogens (tertiary/aromatic N) is 2. The summed E-state index contributed by atoms with van der Waals surface area (Å²) < 4.78 is 0. The molecule has 0 radical (unpaired) electrons. The Morgan fingerprint density at radius 3 is 2.42 bits per heavy atom. The molecule has 212 valence electrons. The molecule has 2 amide bonds. The van der Waals surface area contributed by atoms with Gasteiger partial charge in [-0.05, 0) is 102 Å². The standard InChI is InChI=1S/C31H50N4O3/c1-31(2,3)33-15-14-28(36)30(38)34(21-22-8-5-4-6-9-22)16-17-35-26-12-13-27(35)20-25(19-26)23-10-7-11-24(18-23)29(32)37/h7,10-11,18,22,25-28,33,36H,4-6,8-9,12-17,19-21H2,1-3H3,(H2,32,37)/t25-,26+,27-,28-/m0/s1. The minimum atomic E-state index is -0.951. The van der Waals surface area contributed by atoms with E-state index < -0.39 is 6.10 Å². The van der Waals surface area contributed by atoms with Crippen LogP contribution in [0.25, 0.3) is 0 Å². The summed E-state index contributed by atoms with van der Waals surface area (Å²) in [5.41, 5.74) is 7.31. The number of carbonyl (C=O) groups is 2. The highest BCUT2D eigenvalue weighted by molar-refractivity contribution is 5.92. The number of piperidine rings is 1. The van der Waals surface area contributed by atoms with Crippen LogP contribution in [0.1, 0.15) is 107 Å². The van der Waals surface area contributed by atoms with E-state index in [0.29, 0.717) is 49.0 Å². The number of aliphatic hydroxyl groups is 1. The number of hydrogen-bond acceptors (Lipinski definition) is 5. The zero-order valence-corrected chi connectivity index (χ0v) is 23.8. The van der Waals surface area contributed by atoms with Crippen molar-refractivity contribution < 1.29 is 14.7 Å². The van der Waals surface area contributed by atoms with Crippen LogP contribution in [-0.2, 0) is 4.79 Å². The maximum absolute atomic E-state index is 13.4. The molecule has 2 bridgehead atoms. The van der Waals surface area contributed by atoms with E-state index in [9.17, 15) is 14.7 Å². The highest BCUT2D eigenvalue weighted by Gasteiger charge is 2.41. The number of amides is 2. The molecule has 7 heteroatoms. The van der Waals surface area contributed by atoms with Crippen molar-refractivity contribution in [3.63, 3.8) is 0 Å². The minimum absolute atomic E-state index is 0.0306. The van der Waals surface area contributed by atoms with Crippen LogP contribution in [0.4, 0.5) is 0 Å². The molecule has 38 heavy (non-hydrogen) atoms. The third-order valence-corrected chi connectivity index (χ3v) is 9.03. The van der Waals surface area contributed by atoms with Crippen LogP contribution in [0.15, 0.2) is 24.3 Å². The molecular formula is C31H50N4O3. The third-order valence-electron chi connectivity index (χ3n) is 9.03. The Morgan fingerprint density at radius 2 is 1.79 bits per heavy atom. The Bertz CT molecular complexity index is 925. The first kappa shape index (κ1) is 29.0. The molecule has 1 aliphatic carbocycles. The lowest BCUT2D eigenvalue weighted by Gasteiger charge is -2.41. The Kier molecular flexibility index (Phi) is 9.88. The van der Waals surface area contributed by atoms with Gasteiger partial charge < -0.3 is 21.1 Å². The van der Waals surface area contributed by atoms with Gasteiger partial charge >= 0.3 is 0 Å². The first-order valence-corrected chi connectivity index (χ1v) is 15.0. The van der Waals surface area contributed by atoms with Gasteiger partial charge in [0.2, 0.25) is 5.91 Å². The van der Waals surface area contributed by atoms with E-state index in [4.69, 9.17) is 5.73 Å². The fourth-order valence-electron chi connectivity index (χ4n) is 6.98. The summed E-state index contributed by atoms with van der Waals surface area (Å²) in [5, 5.41) is 14.2. The predicted octanol–water partition coefficient (Wildman–Crippen LogP) is 4.04. The van der Waals surface area contributed by atoms with E-state index in [-0.39, 0.29) is 17.4 Å². The molecular weight excluding hydrogens is 476 g/mol. The second-order valence-electron chi connectivity index (χ2n) is 13.1. The number of carbonyl (C=O) groups excluding carboxylic acids is 2. The molecule has 2 saturated heterocycles. The molecule has 1 aromatic carbocycles. The van der Waals surface area contributed by atoms with Gasteiger partial charge in [0.25, 0.3) is 5.91 Å². The lowest BCUT2D eigenvalue weighted by molar-refractivity contribution is -0.141. The summed E-state index contributed by atoms with van der Waals surface area (Å²) in [6.45, 7) is 9.26. The largest absolute Gasteiger partial charge is 0.383 e. The first-order chi connectivity index (χ1) is 18.1. The Morgan fingerprint density at radius 1 is 1.11 bits per heavy atom. The van der Waals surface area contributed by atoms with E-state index in [2.05, 4.69) is 37.1 Å². The van der Waals surface area contributed by atoms with Crippen LogP contribution in [0, 0.1) is 5.92 Å². The number of nitrogens with one attached hydrogen (secondary N) is 1. The van der Waals surface area contributed by atoms with Crippen LogP contribution in [0.3, 0.4) is 0 Å². The zero-order chi connectivity index (χ0) is 27.3. The van der Waals surface area contributed by atoms with Crippen molar-refractivity contribution in [1.82, 2.24) is 15.1 Å². The summed E-state index contributed by atoms with van der Waals surface area (Å²) in [5.74, 6) is 0.524. The summed E-state index contributed by atoms with van der Waals surface area (Å²) >= 11 is 0. The van der Waals surface area contributed by atoms with Gasteiger partial charge in [-0.3, -0.25) is 14.5 Å². The normalized spacial score (nSPS) is 25.3. The average molecular weight is 527 g/mol. The average Bonchev–Trinajstić information content (AvgIpc) is 3.12. The topological polar surface area (TPSA) is 98.9 Å². The molecule has 7 nitrogen and oxygen atoms in total. The van der Waals surface area contributed by atoms with Gasteiger partial charge in [-0.1, -0.05) is 31.4 Å². The van der Waals surface area contributed by atoms with Gasteiger partial charge in [-0.2, -0.15) is 0 Å². The quantitative estimate of drug-likeness (QED) is 0.404. The zero-order valence-electron chi connectivity index (χ0n) is 23.8. The second-order valence-corrected chi connectivity index (χ2v) is 13.1. The van der Waals surface area contributed by atoms with Crippen molar-refractivity contribution in [3.8, 4) is 0 Å². The van der Waals surface area contributed by atoms with Gasteiger partial charge in [-0.15, -0.1) is 0 Å². The predicted molar refractivity (Wildman–Crippen MR) is 152 cm³/mol. The third kappa shape index (κ3) is 7.80. The smallest absolute Gasteiger partial charge is 0.251 e. The first-order valence-electron chi connectivity index (χ1n) is 15.0. The highest BCUT2D eigenvalue weighted by atomic mass is 16.3. The molecule has 3 aliphatic rings. The summed E-state index contributed by atoms with van der Waals surface area (Å²) in [7, 11) is 0. The van der Waals surface area contributed by atoms with E-state index in [0.717, 1.165) is 25.9 Å². The number of rotatable bonds is 11. The van der Waals surface area contributed by atoms with Gasteiger partial charge in [0.15, 0.2) is 0 Å². The maximum Gasteiger partial charge on any atom is 0.251 e. The monoisotopic (exact) mass is 526 g/mol. The van der Waals surface area contributed by atoms with Crippen molar-refractivity contribution >= 4 is 11.8 Å². The molecule has 1 saturated carbocycles. The van der Waals surface area contributed by atoms with Crippen molar-refractivity contribution in [2.75, 3.05) is 26.2 Å². The van der Waals surface area contributed by atoms with Gasteiger partial charge in [0.05, 0.1) is 0 Å². The molecule has 1 aromatic rings. The Balaban J connectivity index is 1.36. The van der Waals surface area contributed by atoms with Crippen LogP contribution < -0.4 is 11.1 Å². The molecule has 4 atom stereocenters. The van der Waals surface area contributed by atoms with Crippen molar-refractivity contribution in [3.05, 3.63) is 35.4 Å². The van der Waals surface area contributed by atoms with E-state index in [1.54, 1.807) is 6.07 Å². The lowest BCUT2D eigenvalue weighted by atomic mass is 9.84. The fourth-order valence-corrected chi connectivity index (χ4v) is 6.98. The fraction of sp³-hybridized carbons (Fsp3) is 0.742. The maximum atomic E-state index is 13.4. The van der Waals surface area contributed by atoms with Crippen molar-refractivity contribution in [2.24, 2.45) is 11.7 Å². The lowest BCUT2D eigenvalue weighted by Crippen LogP contribution is -2.50. The molecule has 0 aromatic heterocycles. The van der Waals surface area contributed by atoms with Crippen LogP contribution >= 0.6 is 0 Å². The number of fused-ring (bicyclic) bond motifs is 2. The van der Waals surface area contributed by atoms with E-state index in [1.165, 1.54) is 50.5 Å². The van der Waals surface area contributed by atoms with Crippen LogP contribution in [-0.4, -0.2) is 76.6 Å². The minimum Gasteiger partial charge on any atom is -0.383 e. The Hall–Kier alpha value is -1.96. The van der Waals surface area contributed by atoms with Gasteiger partial charge in [0.1, 0.15) is 6.10 Å². The van der Waals surface area contributed by atoms with Gasteiger partial charge in [-0.25, -0.2) is 0 Å². The Labute approximate surface area is 229 Å². The SMILES string of the molecule is CC(C)(C)NCC[C@H](O)C(=O)N(CCN1[C@@H]2CC[C@H]1C[C@@H](c1cccc(C(N)=O)c1)C2)CC1CCCCC1. The summed E-state index contributed by atoms with van der Waals surface area (Å²) in [6.07, 6.45) is 10.2. The molecule has 4 rings (SSSR count). The van der Waals surface area contributed by atoms with Crippen molar-refractivity contribution in [2.45, 2.75) is 115 Å². The molecule has 0 unspecified atom stereocenters. The molecule has 4 N–H and O–H groups in total. The van der Waals surface area contributed by atoms with E-state index >= 15 is 0 Å². The second kappa shape index (κ2) is 12.9. The number of primary amides is 1. The van der Waals surface area contributed by atoms with Crippen LogP contribution in [0.2, 0.25) is 0 Å². The molecule has 2 heterocycles. The number of benzene rings is 1. The molecule has 0 spiro atoms. The van der Waals surface area contributed by atoms with Crippen molar-refractivity contribution in [1.29, 1.82) is 0 Å². The van der Waals surface area contributed by atoms with Gasteiger partial charge in [0, 0.05) is 42.8 Å². The molecule has 2 aliphatic heterocycles. The number of aliphatic hydroxyl groups excluding tert-OH is 1. The van der Waals surface area contributed by atoms with E-state index in [1.807, 2.05) is 17.0 Å². The summed E-state index contributed by atoms with van der Waals surface area (Å²) in [6, 6.07) is 8.85. The highest BCUT2D eigenvalue weighted by Crippen LogP contribution is 2.43. The number of nitrogens with two attached hydrogens (primary N) is 1.